The van der Waals surface area contributed by atoms with Crippen molar-refractivity contribution in [3.63, 3.8) is 0 Å². The van der Waals surface area contributed by atoms with E-state index >= 15 is 0 Å². The third-order valence-electron chi connectivity index (χ3n) is 3.86. The van der Waals surface area contributed by atoms with Crippen LogP contribution in [0.2, 0.25) is 5.02 Å². The number of amides is 1. The molecule has 1 amide bonds. The van der Waals surface area contributed by atoms with E-state index in [1.54, 1.807) is 0 Å². The zero-order valence-corrected chi connectivity index (χ0v) is 14.2. The van der Waals surface area contributed by atoms with Crippen LogP contribution in [0.15, 0.2) is 30.5 Å². The molecule has 0 spiro atoms. The Balaban J connectivity index is 2.38. The maximum atomic E-state index is 12.4. The number of methoxy groups -OCH3 is 1. The van der Waals surface area contributed by atoms with E-state index < -0.39 is 22.7 Å². The Labute approximate surface area is 148 Å². The van der Waals surface area contributed by atoms with Crippen LogP contribution in [0, 0.1) is 16.0 Å². The Bertz CT molecular complexity index is 721. The molecule has 0 saturated carbocycles. The van der Waals surface area contributed by atoms with Crippen molar-refractivity contribution < 1.29 is 24.0 Å². The number of halogens is 1. The number of ether oxygens (including phenoxy) is 2. The van der Waals surface area contributed by atoms with Gasteiger partial charge in [0, 0.05) is 42.3 Å². The minimum Gasteiger partial charge on any atom is -0.463 e. The Morgan fingerprint density at radius 3 is 2.84 bits per heavy atom. The molecule has 1 aliphatic heterocycles. The molecule has 0 radical (unpaired) electrons. The molecular formula is C16H17ClN2O6. The van der Waals surface area contributed by atoms with Crippen LogP contribution in [0.1, 0.15) is 17.9 Å². The van der Waals surface area contributed by atoms with Crippen molar-refractivity contribution in [2.24, 2.45) is 5.92 Å². The molecule has 1 heterocycles. The van der Waals surface area contributed by atoms with Gasteiger partial charge >= 0.3 is 5.97 Å². The van der Waals surface area contributed by atoms with Crippen molar-refractivity contribution in [1.29, 1.82) is 0 Å². The first kappa shape index (κ1) is 18.9. The zero-order valence-electron chi connectivity index (χ0n) is 13.5. The lowest BCUT2D eigenvalue weighted by Crippen LogP contribution is -2.41. The van der Waals surface area contributed by atoms with E-state index in [0.29, 0.717) is 5.56 Å². The monoisotopic (exact) mass is 368 g/mol. The molecule has 1 saturated heterocycles. The maximum Gasteiger partial charge on any atom is 0.315 e. The Morgan fingerprint density at radius 2 is 2.20 bits per heavy atom. The zero-order chi connectivity index (χ0) is 18.6. The third-order valence-corrected chi connectivity index (χ3v) is 4.20. The number of rotatable bonds is 6. The maximum absolute atomic E-state index is 12.4. The summed E-state index contributed by atoms with van der Waals surface area (Å²) in [4.78, 5) is 34.8. The number of nitrogens with zero attached hydrogens (tertiary/aromatic N) is 1. The number of hydrogen-bond donors (Lipinski definition) is 1. The van der Waals surface area contributed by atoms with E-state index in [-0.39, 0.29) is 41.9 Å². The van der Waals surface area contributed by atoms with Crippen LogP contribution < -0.4 is 5.32 Å². The number of nitrogens with one attached hydrogen (secondary N) is 1. The molecule has 134 valence electrons. The van der Waals surface area contributed by atoms with Crippen LogP contribution in [0.3, 0.4) is 0 Å². The molecule has 2 atom stereocenters. The number of non-ortho nitro benzene ring substituents is 1. The molecule has 1 aromatic rings. The Hall–Kier alpha value is -2.45. The van der Waals surface area contributed by atoms with E-state index in [2.05, 4.69) is 11.9 Å². The number of carbonyl (C=O) groups is 2. The van der Waals surface area contributed by atoms with E-state index in [9.17, 15) is 19.7 Å². The molecule has 8 nitrogen and oxygen atoms in total. The number of nitro groups is 1. The lowest BCUT2D eigenvalue weighted by atomic mass is 9.79. The fraction of sp³-hybridized carbons (Fsp3) is 0.375. The first-order valence-corrected chi connectivity index (χ1v) is 7.81. The number of piperidine rings is 1. The fourth-order valence-electron chi connectivity index (χ4n) is 2.71. The van der Waals surface area contributed by atoms with Crippen LogP contribution in [0.25, 0.3) is 0 Å². The van der Waals surface area contributed by atoms with Crippen molar-refractivity contribution in [2.75, 3.05) is 20.3 Å². The van der Waals surface area contributed by atoms with Gasteiger partial charge in [0.2, 0.25) is 5.91 Å². The van der Waals surface area contributed by atoms with Gasteiger partial charge in [-0.05, 0) is 11.6 Å². The number of carbonyl (C=O) groups excluding carboxylic acids is 2. The van der Waals surface area contributed by atoms with Crippen LogP contribution in [-0.4, -0.2) is 37.1 Å². The molecular weight excluding hydrogens is 352 g/mol. The molecule has 2 rings (SSSR count). The second kappa shape index (κ2) is 8.09. The minimum absolute atomic E-state index is 0.0441. The number of hydrogen-bond acceptors (Lipinski definition) is 6. The minimum atomic E-state index is -0.894. The molecule has 1 aromatic carbocycles. The average molecular weight is 369 g/mol. The third kappa shape index (κ3) is 4.34. The van der Waals surface area contributed by atoms with Crippen molar-refractivity contribution in [1.82, 2.24) is 5.32 Å². The summed E-state index contributed by atoms with van der Waals surface area (Å²) >= 11 is 6.17. The van der Waals surface area contributed by atoms with Gasteiger partial charge in [-0.3, -0.25) is 19.7 Å². The molecule has 1 aliphatic rings. The van der Waals surface area contributed by atoms with Gasteiger partial charge in [0.05, 0.1) is 11.5 Å². The predicted molar refractivity (Wildman–Crippen MR) is 89.1 cm³/mol. The van der Waals surface area contributed by atoms with Crippen molar-refractivity contribution >= 4 is 29.2 Å². The van der Waals surface area contributed by atoms with Gasteiger partial charge in [-0.1, -0.05) is 18.2 Å². The summed E-state index contributed by atoms with van der Waals surface area (Å²) in [6.07, 6.45) is -0.0655. The fourth-order valence-corrected chi connectivity index (χ4v) is 2.97. The molecule has 1 N–H and O–H groups in total. The van der Waals surface area contributed by atoms with Gasteiger partial charge in [0.15, 0.2) is 0 Å². The highest BCUT2D eigenvalue weighted by Gasteiger charge is 2.40. The van der Waals surface area contributed by atoms with Crippen LogP contribution in [-0.2, 0) is 19.1 Å². The van der Waals surface area contributed by atoms with Gasteiger partial charge in [0.1, 0.15) is 12.5 Å². The number of esters is 1. The summed E-state index contributed by atoms with van der Waals surface area (Å²) in [5.74, 6) is -2.55. The SMILES string of the molecule is C=C1NC(=O)C[C@@H](c2cc([N+](=O)[O-])ccc2Cl)[C@@H]1C(=O)OCCOC. The van der Waals surface area contributed by atoms with Crippen LogP contribution in [0.5, 0.6) is 0 Å². The van der Waals surface area contributed by atoms with Gasteiger partial charge < -0.3 is 14.8 Å². The molecule has 25 heavy (non-hydrogen) atoms. The number of benzene rings is 1. The first-order valence-electron chi connectivity index (χ1n) is 7.43. The smallest absolute Gasteiger partial charge is 0.315 e. The van der Waals surface area contributed by atoms with Crippen molar-refractivity contribution in [3.05, 3.63) is 51.2 Å². The first-order chi connectivity index (χ1) is 11.8. The topological polar surface area (TPSA) is 108 Å². The summed E-state index contributed by atoms with van der Waals surface area (Å²) in [6, 6.07) is 3.90. The second-order valence-corrected chi connectivity index (χ2v) is 5.89. The highest BCUT2D eigenvalue weighted by atomic mass is 35.5. The van der Waals surface area contributed by atoms with Gasteiger partial charge in [-0.15, -0.1) is 0 Å². The van der Waals surface area contributed by atoms with Gasteiger partial charge in [-0.25, -0.2) is 0 Å². The summed E-state index contributed by atoms with van der Waals surface area (Å²) < 4.78 is 9.97. The quantitative estimate of drug-likeness (QED) is 0.357. The Kier molecular flexibility index (Phi) is 6.11. The largest absolute Gasteiger partial charge is 0.463 e. The molecule has 0 aliphatic carbocycles. The van der Waals surface area contributed by atoms with E-state index in [0.717, 1.165) is 0 Å². The van der Waals surface area contributed by atoms with Gasteiger partial charge in [0.25, 0.3) is 5.69 Å². The van der Waals surface area contributed by atoms with E-state index in [1.807, 2.05) is 0 Å². The molecule has 0 unspecified atom stereocenters. The highest BCUT2D eigenvalue weighted by molar-refractivity contribution is 6.31. The Morgan fingerprint density at radius 1 is 1.48 bits per heavy atom. The van der Waals surface area contributed by atoms with Crippen LogP contribution >= 0.6 is 11.6 Å². The highest BCUT2D eigenvalue weighted by Crippen LogP contribution is 2.40. The summed E-state index contributed by atoms with van der Waals surface area (Å²) in [6.45, 7) is 3.98. The summed E-state index contributed by atoms with van der Waals surface area (Å²) in [5.41, 5.74) is 0.328. The average Bonchev–Trinajstić information content (AvgIpc) is 2.54. The van der Waals surface area contributed by atoms with Crippen molar-refractivity contribution in [2.45, 2.75) is 12.3 Å². The molecule has 0 bridgehead atoms. The molecule has 9 heteroatoms. The summed E-state index contributed by atoms with van der Waals surface area (Å²) in [5, 5.41) is 13.8. The second-order valence-electron chi connectivity index (χ2n) is 5.48. The van der Waals surface area contributed by atoms with Crippen molar-refractivity contribution in [3.8, 4) is 0 Å². The molecule has 0 aromatic heterocycles. The normalized spacial score (nSPS) is 20.1. The standard InChI is InChI=1S/C16H17ClN2O6/c1-9-15(16(21)25-6-5-24-2)12(8-14(20)18-9)11-7-10(19(22)23)3-4-13(11)17/h3-4,7,12,15H,1,5-6,8H2,2H3,(H,18,20)/t12-,15+/m0/s1. The van der Waals surface area contributed by atoms with Crippen LogP contribution in [0.4, 0.5) is 5.69 Å². The molecule has 1 fully saturated rings. The lowest BCUT2D eigenvalue weighted by Gasteiger charge is -2.32. The summed E-state index contributed by atoms with van der Waals surface area (Å²) in [7, 11) is 1.47. The van der Waals surface area contributed by atoms with E-state index in [1.165, 1.54) is 25.3 Å². The van der Waals surface area contributed by atoms with Gasteiger partial charge in [-0.2, -0.15) is 0 Å². The van der Waals surface area contributed by atoms with E-state index in [4.69, 9.17) is 21.1 Å². The number of nitro benzene ring substituents is 1. The lowest BCUT2D eigenvalue weighted by molar-refractivity contribution is -0.384. The predicted octanol–water partition coefficient (Wildman–Crippen LogP) is 2.17.